The number of ether oxygens (including phenoxy) is 1. The minimum absolute atomic E-state index is 0.349. The van der Waals surface area contributed by atoms with Gasteiger partial charge in [-0.05, 0) is 16.7 Å². The zero-order valence-corrected chi connectivity index (χ0v) is 9.99. The molecule has 2 N–H and O–H groups in total. The van der Waals surface area contributed by atoms with E-state index >= 15 is 0 Å². The third-order valence-corrected chi connectivity index (χ3v) is 3.06. The van der Waals surface area contributed by atoms with E-state index < -0.39 is 6.04 Å². The molecule has 0 saturated carbocycles. The molecule has 1 atom stereocenters. The van der Waals surface area contributed by atoms with Crippen molar-refractivity contribution in [3.05, 3.63) is 11.1 Å². The van der Waals surface area contributed by atoms with Crippen LogP contribution in [0.3, 0.4) is 0 Å². The minimum Gasteiger partial charge on any atom is -0.468 e. The first-order valence-electron chi connectivity index (χ1n) is 3.82. The van der Waals surface area contributed by atoms with Crippen molar-refractivity contribution in [3.8, 4) is 0 Å². The van der Waals surface area contributed by atoms with Gasteiger partial charge in [-0.2, -0.15) is 11.8 Å². The van der Waals surface area contributed by atoms with E-state index in [0.717, 1.165) is 16.0 Å². The van der Waals surface area contributed by atoms with Gasteiger partial charge in [0.2, 0.25) is 0 Å². The average Bonchev–Trinajstić information content (AvgIpc) is 2.10. The summed E-state index contributed by atoms with van der Waals surface area (Å²) in [6.45, 7) is 3.70. The summed E-state index contributed by atoms with van der Waals surface area (Å²) in [5.41, 5.74) is 5.52. The zero-order chi connectivity index (χ0) is 10.3. The zero-order valence-electron chi connectivity index (χ0n) is 7.59. The maximum atomic E-state index is 10.9. The topological polar surface area (TPSA) is 52.3 Å². The van der Waals surface area contributed by atoms with Crippen LogP contribution < -0.4 is 5.73 Å². The minimum atomic E-state index is -0.499. The van der Waals surface area contributed by atoms with Gasteiger partial charge in [0, 0.05) is 5.75 Å². The fourth-order valence-electron chi connectivity index (χ4n) is 0.662. The van der Waals surface area contributed by atoms with Crippen LogP contribution in [0.4, 0.5) is 0 Å². The molecule has 13 heavy (non-hydrogen) atoms. The normalized spacial score (nSPS) is 12.2. The maximum Gasteiger partial charge on any atom is 0.322 e. The molecule has 0 aromatic carbocycles. The Balaban J connectivity index is 3.42. The van der Waals surface area contributed by atoms with Gasteiger partial charge in [-0.3, -0.25) is 4.79 Å². The van der Waals surface area contributed by atoms with Crippen LogP contribution >= 0.6 is 27.7 Å². The van der Waals surface area contributed by atoms with Crippen molar-refractivity contribution in [3.63, 3.8) is 0 Å². The van der Waals surface area contributed by atoms with Crippen molar-refractivity contribution < 1.29 is 9.53 Å². The van der Waals surface area contributed by atoms with E-state index in [9.17, 15) is 4.79 Å². The number of carbonyl (C=O) groups is 1. The Bertz CT molecular complexity index is 187. The summed E-state index contributed by atoms with van der Waals surface area (Å²) in [4.78, 5) is 10.9. The lowest BCUT2D eigenvalue weighted by molar-refractivity contribution is -0.142. The van der Waals surface area contributed by atoms with E-state index in [1.807, 2.05) is 0 Å². The van der Waals surface area contributed by atoms with Crippen LogP contribution in [-0.4, -0.2) is 30.6 Å². The second-order valence-corrected chi connectivity index (χ2v) is 4.71. The summed E-state index contributed by atoms with van der Waals surface area (Å²) in [5, 5.41) is 0. The predicted octanol–water partition coefficient (Wildman–Crippen LogP) is 1.52. The highest BCUT2D eigenvalue weighted by molar-refractivity contribution is 9.11. The van der Waals surface area contributed by atoms with E-state index in [-0.39, 0.29) is 5.97 Å². The fraction of sp³-hybridized carbons (Fsp3) is 0.625. The van der Waals surface area contributed by atoms with Gasteiger partial charge in [-0.1, -0.05) is 22.5 Å². The van der Waals surface area contributed by atoms with Gasteiger partial charge >= 0.3 is 5.97 Å². The van der Waals surface area contributed by atoms with Gasteiger partial charge in [-0.15, -0.1) is 0 Å². The van der Waals surface area contributed by atoms with Crippen LogP contribution in [0.25, 0.3) is 0 Å². The van der Waals surface area contributed by atoms with Crippen LogP contribution in [0.5, 0.6) is 0 Å². The smallest absolute Gasteiger partial charge is 0.322 e. The summed E-state index contributed by atoms with van der Waals surface area (Å²) < 4.78 is 5.44. The van der Waals surface area contributed by atoms with Crippen LogP contribution in [0.2, 0.25) is 0 Å². The monoisotopic (exact) mass is 267 g/mol. The maximum absolute atomic E-state index is 10.9. The first-order chi connectivity index (χ1) is 6.07. The average molecular weight is 268 g/mol. The van der Waals surface area contributed by atoms with Crippen molar-refractivity contribution in [2.75, 3.05) is 18.6 Å². The molecule has 0 fully saturated rings. The molecule has 0 bridgehead atoms. The lowest BCUT2D eigenvalue weighted by Crippen LogP contribution is -2.32. The summed E-state index contributed by atoms with van der Waals surface area (Å²) in [6.07, 6.45) is 0.637. The third-order valence-electron chi connectivity index (χ3n) is 1.34. The highest BCUT2D eigenvalue weighted by Gasteiger charge is 2.12. The quantitative estimate of drug-likeness (QED) is 0.586. The van der Waals surface area contributed by atoms with Crippen LogP contribution in [0.15, 0.2) is 11.1 Å². The molecular formula is C8H14BrNO2S. The molecule has 0 aliphatic carbocycles. The fourth-order valence-corrected chi connectivity index (χ4v) is 1.93. The number of halogens is 1. The van der Waals surface area contributed by atoms with E-state index in [0.29, 0.717) is 6.42 Å². The first-order valence-corrected chi connectivity index (χ1v) is 5.77. The van der Waals surface area contributed by atoms with Crippen molar-refractivity contribution in [1.82, 2.24) is 0 Å². The van der Waals surface area contributed by atoms with Crippen LogP contribution in [0, 0.1) is 0 Å². The predicted molar refractivity (Wildman–Crippen MR) is 60.0 cm³/mol. The Labute approximate surface area is 91.2 Å². The lowest BCUT2D eigenvalue weighted by atomic mass is 10.2. The highest BCUT2D eigenvalue weighted by Crippen LogP contribution is 2.12. The Morgan fingerprint density at radius 1 is 1.77 bits per heavy atom. The Kier molecular flexibility index (Phi) is 7.41. The van der Waals surface area contributed by atoms with E-state index in [2.05, 4.69) is 27.2 Å². The van der Waals surface area contributed by atoms with Crippen molar-refractivity contribution in [2.24, 2.45) is 5.73 Å². The molecule has 0 radical (unpaired) electrons. The number of thioether (sulfide) groups is 1. The molecule has 76 valence electrons. The van der Waals surface area contributed by atoms with Gasteiger partial charge < -0.3 is 10.5 Å². The summed E-state index contributed by atoms with van der Waals surface area (Å²) in [7, 11) is 1.34. The Hall–Kier alpha value is -0.000000000000000111. The van der Waals surface area contributed by atoms with E-state index in [4.69, 9.17) is 5.73 Å². The molecule has 0 aromatic rings. The molecule has 0 spiro atoms. The number of carbonyl (C=O) groups excluding carboxylic acids is 1. The molecule has 3 nitrogen and oxygen atoms in total. The molecule has 0 aromatic heterocycles. The SMILES string of the molecule is C=C(Br)CSCCC(N)C(=O)OC. The molecule has 0 saturated heterocycles. The largest absolute Gasteiger partial charge is 0.468 e. The first kappa shape index (κ1) is 13.0. The Morgan fingerprint density at radius 2 is 2.38 bits per heavy atom. The molecule has 0 heterocycles. The molecule has 1 unspecified atom stereocenters. The lowest BCUT2D eigenvalue weighted by Gasteiger charge is -2.07. The molecular weight excluding hydrogens is 254 g/mol. The van der Waals surface area contributed by atoms with E-state index in [1.165, 1.54) is 7.11 Å². The van der Waals surface area contributed by atoms with E-state index in [1.54, 1.807) is 11.8 Å². The number of esters is 1. The molecule has 0 rings (SSSR count). The standard InChI is InChI=1S/C8H14BrNO2S/c1-6(9)5-13-4-3-7(10)8(11)12-2/h7H,1,3-5,10H2,2H3. The summed E-state index contributed by atoms with van der Waals surface area (Å²) >= 11 is 4.93. The summed E-state index contributed by atoms with van der Waals surface area (Å²) in [5.74, 6) is 1.33. The second-order valence-electron chi connectivity index (χ2n) is 2.49. The number of hydrogen-bond donors (Lipinski definition) is 1. The van der Waals surface area contributed by atoms with Crippen molar-refractivity contribution in [1.29, 1.82) is 0 Å². The highest BCUT2D eigenvalue weighted by atomic mass is 79.9. The molecule has 0 amide bonds. The van der Waals surface area contributed by atoms with Gasteiger partial charge in [0.25, 0.3) is 0 Å². The number of rotatable bonds is 6. The van der Waals surface area contributed by atoms with Gasteiger partial charge in [-0.25, -0.2) is 0 Å². The van der Waals surface area contributed by atoms with Crippen molar-refractivity contribution in [2.45, 2.75) is 12.5 Å². The number of methoxy groups -OCH3 is 1. The second kappa shape index (κ2) is 7.41. The van der Waals surface area contributed by atoms with Gasteiger partial charge in [0.1, 0.15) is 6.04 Å². The third kappa shape index (κ3) is 7.10. The van der Waals surface area contributed by atoms with Crippen LogP contribution in [0.1, 0.15) is 6.42 Å². The molecule has 0 aliphatic rings. The Morgan fingerprint density at radius 3 is 2.85 bits per heavy atom. The number of hydrogen-bond acceptors (Lipinski definition) is 4. The van der Waals surface area contributed by atoms with Crippen molar-refractivity contribution >= 4 is 33.7 Å². The molecule has 0 aliphatic heterocycles. The molecule has 5 heteroatoms. The van der Waals surface area contributed by atoms with Crippen LogP contribution in [-0.2, 0) is 9.53 Å². The number of nitrogens with two attached hydrogens (primary N) is 1. The summed E-state index contributed by atoms with van der Waals surface area (Å²) in [6, 6.07) is -0.499. The van der Waals surface area contributed by atoms with Gasteiger partial charge in [0.15, 0.2) is 0 Å². The van der Waals surface area contributed by atoms with Gasteiger partial charge in [0.05, 0.1) is 7.11 Å².